The molecule has 16 heavy (non-hydrogen) atoms. The lowest BCUT2D eigenvalue weighted by Crippen LogP contribution is -2.18. The third-order valence-electron chi connectivity index (χ3n) is 2.57. The maximum atomic E-state index is 11.7. The lowest BCUT2D eigenvalue weighted by atomic mass is 10.2. The van der Waals surface area contributed by atoms with Gasteiger partial charge in [-0.15, -0.1) is 0 Å². The van der Waals surface area contributed by atoms with Gasteiger partial charge in [0.2, 0.25) is 0 Å². The first kappa shape index (κ1) is 11.0. The van der Waals surface area contributed by atoms with Gasteiger partial charge in [0.25, 0.3) is 0 Å². The van der Waals surface area contributed by atoms with Crippen molar-refractivity contribution >= 4 is 11.7 Å². The summed E-state index contributed by atoms with van der Waals surface area (Å²) in [5.74, 6) is -0.279. The second-order valence-electron chi connectivity index (χ2n) is 3.72. The van der Waals surface area contributed by atoms with Crippen LogP contribution in [0.4, 0.5) is 5.69 Å². The summed E-state index contributed by atoms with van der Waals surface area (Å²) < 4.78 is 10.4. The van der Waals surface area contributed by atoms with Crippen LogP contribution in [0.2, 0.25) is 0 Å². The van der Waals surface area contributed by atoms with E-state index in [1.807, 2.05) is 19.2 Å². The first-order valence-corrected chi connectivity index (χ1v) is 5.36. The molecule has 1 aliphatic rings. The predicted molar refractivity (Wildman–Crippen MR) is 60.6 cm³/mol. The molecule has 4 nitrogen and oxygen atoms in total. The molecule has 0 radical (unpaired) electrons. The molecule has 1 fully saturated rings. The predicted octanol–water partition coefficient (Wildman–Crippen LogP) is 1.67. The van der Waals surface area contributed by atoms with E-state index in [0.29, 0.717) is 18.8 Å². The van der Waals surface area contributed by atoms with Gasteiger partial charge in [0.1, 0.15) is 6.10 Å². The van der Waals surface area contributed by atoms with Crippen LogP contribution in [0, 0.1) is 0 Å². The molecule has 0 aromatic heterocycles. The van der Waals surface area contributed by atoms with Crippen LogP contribution >= 0.6 is 0 Å². The minimum absolute atomic E-state index is 0.0866. The largest absolute Gasteiger partial charge is 0.456 e. The van der Waals surface area contributed by atoms with Crippen molar-refractivity contribution in [3.05, 3.63) is 29.8 Å². The maximum absolute atomic E-state index is 11.7. The van der Waals surface area contributed by atoms with Gasteiger partial charge in [0.05, 0.1) is 18.8 Å². The summed E-state index contributed by atoms with van der Waals surface area (Å²) in [6.07, 6.45) is 0.705. The van der Waals surface area contributed by atoms with Crippen LogP contribution in [0.3, 0.4) is 0 Å². The van der Waals surface area contributed by atoms with Gasteiger partial charge in [-0.2, -0.15) is 0 Å². The molecule has 1 heterocycles. The smallest absolute Gasteiger partial charge is 0.338 e. The number of hydrogen-bond acceptors (Lipinski definition) is 4. The maximum Gasteiger partial charge on any atom is 0.338 e. The summed E-state index contributed by atoms with van der Waals surface area (Å²) in [5.41, 5.74) is 1.55. The van der Waals surface area contributed by atoms with Gasteiger partial charge < -0.3 is 14.8 Å². The molecule has 0 spiro atoms. The van der Waals surface area contributed by atoms with Gasteiger partial charge in [-0.25, -0.2) is 4.79 Å². The summed E-state index contributed by atoms with van der Waals surface area (Å²) in [5, 5.41) is 2.99. The zero-order valence-electron chi connectivity index (χ0n) is 9.23. The molecule has 86 valence electrons. The Morgan fingerprint density at radius 1 is 1.44 bits per heavy atom. The molecule has 0 amide bonds. The van der Waals surface area contributed by atoms with Crippen molar-refractivity contribution in [2.24, 2.45) is 0 Å². The number of rotatable bonds is 3. The van der Waals surface area contributed by atoms with Gasteiger partial charge in [0, 0.05) is 19.2 Å². The van der Waals surface area contributed by atoms with Crippen LogP contribution in [0.25, 0.3) is 0 Å². The van der Waals surface area contributed by atoms with E-state index in [1.165, 1.54) is 0 Å². The monoisotopic (exact) mass is 221 g/mol. The third-order valence-corrected chi connectivity index (χ3v) is 2.57. The van der Waals surface area contributed by atoms with Crippen LogP contribution in [0.15, 0.2) is 24.3 Å². The van der Waals surface area contributed by atoms with E-state index < -0.39 is 0 Å². The van der Waals surface area contributed by atoms with E-state index in [-0.39, 0.29) is 12.1 Å². The Morgan fingerprint density at radius 2 is 2.19 bits per heavy atom. The normalized spacial score (nSPS) is 19.4. The second kappa shape index (κ2) is 4.99. The standard InChI is InChI=1S/C12H15NO3/c1-13-10-4-2-9(3-5-10)12(14)16-11-6-7-15-8-11/h2-5,11,13H,6-8H2,1H3. The fourth-order valence-electron chi connectivity index (χ4n) is 1.60. The van der Waals surface area contributed by atoms with E-state index >= 15 is 0 Å². The minimum Gasteiger partial charge on any atom is -0.456 e. The summed E-state index contributed by atoms with van der Waals surface area (Å²) >= 11 is 0. The average molecular weight is 221 g/mol. The number of carbonyl (C=O) groups is 1. The van der Waals surface area contributed by atoms with Gasteiger partial charge in [-0.1, -0.05) is 0 Å². The molecule has 1 aromatic carbocycles. The Labute approximate surface area is 94.6 Å². The first-order valence-electron chi connectivity index (χ1n) is 5.36. The molecule has 1 unspecified atom stereocenters. The lowest BCUT2D eigenvalue weighted by molar-refractivity contribution is 0.0271. The fourth-order valence-corrected chi connectivity index (χ4v) is 1.60. The molecule has 1 aliphatic heterocycles. The second-order valence-corrected chi connectivity index (χ2v) is 3.72. The van der Waals surface area contributed by atoms with Crippen molar-refractivity contribution < 1.29 is 14.3 Å². The molecular formula is C12H15NO3. The molecule has 2 rings (SSSR count). The van der Waals surface area contributed by atoms with Gasteiger partial charge in [-0.3, -0.25) is 0 Å². The Morgan fingerprint density at radius 3 is 2.75 bits per heavy atom. The number of nitrogens with one attached hydrogen (secondary N) is 1. The highest BCUT2D eigenvalue weighted by molar-refractivity contribution is 5.89. The zero-order valence-corrected chi connectivity index (χ0v) is 9.23. The Balaban J connectivity index is 1.97. The summed E-state index contributed by atoms with van der Waals surface area (Å²) in [6, 6.07) is 7.21. The van der Waals surface area contributed by atoms with E-state index in [9.17, 15) is 4.79 Å². The average Bonchev–Trinajstić information content (AvgIpc) is 2.82. The summed E-state index contributed by atoms with van der Waals surface area (Å²) in [6.45, 7) is 1.19. The number of carbonyl (C=O) groups excluding carboxylic acids is 1. The van der Waals surface area contributed by atoms with Gasteiger partial charge >= 0.3 is 5.97 Å². The van der Waals surface area contributed by atoms with Gasteiger partial charge in [0.15, 0.2) is 0 Å². The summed E-state index contributed by atoms with van der Waals surface area (Å²) in [4.78, 5) is 11.7. The van der Waals surface area contributed by atoms with Crippen molar-refractivity contribution in [3.8, 4) is 0 Å². The number of ether oxygens (including phenoxy) is 2. The van der Waals surface area contributed by atoms with Gasteiger partial charge in [-0.05, 0) is 24.3 Å². The minimum atomic E-state index is -0.279. The van der Waals surface area contributed by atoms with Crippen LogP contribution < -0.4 is 5.32 Å². The van der Waals surface area contributed by atoms with Crippen LogP contribution in [-0.2, 0) is 9.47 Å². The van der Waals surface area contributed by atoms with E-state index in [1.54, 1.807) is 12.1 Å². The SMILES string of the molecule is CNc1ccc(C(=O)OC2CCOC2)cc1. The quantitative estimate of drug-likeness (QED) is 0.789. The molecule has 1 N–H and O–H groups in total. The molecule has 0 saturated carbocycles. The molecular weight excluding hydrogens is 206 g/mol. The van der Waals surface area contributed by atoms with Crippen LogP contribution in [0.1, 0.15) is 16.8 Å². The van der Waals surface area contributed by atoms with E-state index in [4.69, 9.17) is 9.47 Å². The molecule has 1 saturated heterocycles. The summed E-state index contributed by atoms with van der Waals surface area (Å²) in [7, 11) is 1.84. The van der Waals surface area contributed by atoms with Crippen molar-refractivity contribution in [1.29, 1.82) is 0 Å². The first-order chi connectivity index (χ1) is 7.79. The number of esters is 1. The van der Waals surface area contributed by atoms with E-state index in [2.05, 4.69) is 5.32 Å². The lowest BCUT2D eigenvalue weighted by Gasteiger charge is -2.10. The zero-order chi connectivity index (χ0) is 11.4. The number of hydrogen-bond donors (Lipinski definition) is 1. The number of anilines is 1. The fraction of sp³-hybridized carbons (Fsp3) is 0.417. The van der Waals surface area contributed by atoms with Crippen molar-refractivity contribution in [3.63, 3.8) is 0 Å². The number of benzene rings is 1. The highest BCUT2D eigenvalue weighted by Gasteiger charge is 2.20. The molecule has 0 aliphatic carbocycles. The van der Waals surface area contributed by atoms with Crippen LogP contribution in [0.5, 0.6) is 0 Å². The molecule has 1 atom stereocenters. The topological polar surface area (TPSA) is 47.6 Å². The van der Waals surface area contributed by atoms with Crippen molar-refractivity contribution in [1.82, 2.24) is 0 Å². The molecule has 4 heteroatoms. The van der Waals surface area contributed by atoms with Crippen LogP contribution in [-0.4, -0.2) is 32.3 Å². The highest BCUT2D eigenvalue weighted by atomic mass is 16.6. The Kier molecular flexibility index (Phi) is 3.41. The van der Waals surface area contributed by atoms with Crippen molar-refractivity contribution in [2.45, 2.75) is 12.5 Å². The van der Waals surface area contributed by atoms with E-state index in [0.717, 1.165) is 12.1 Å². The Bertz CT molecular complexity index is 355. The molecule has 1 aromatic rings. The third kappa shape index (κ3) is 2.52. The Hall–Kier alpha value is -1.55. The molecule has 0 bridgehead atoms. The van der Waals surface area contributed by atoms with Crippen molar-refractivity contribution in [2.75, 3.05) is 25.6 Å². The highest BCUT2D eigenvalue weighted by Crippen LogP contribution is 2.13.